The number of nitrogen functional groups attached to an aromatic ring is 1. The van der Waals surface area contributed by atoms with Crippen molar-refractivity contribution in [1.29, 1.82) is 0 Å². The largest absolute Gasteiger partial charge is 0.507 e. The summed E-state index contributed by atoms with van der Waals surface area (Å²) in [6.07, 6.45) is 0.460. The maximum atomic E-state index is 13.0. The molecule has 40 nitrogen and oxygen atoms in total. The van der Waals surface area contributed by atoms with Gasteiger partial charge in [-0.2, -0.15) is 54.1 Å². The summed E-state index contributed by atoms with van der Waals surface area (Å²) in [5.74, 6) is -3.18. The van der Waals surface area contributed by atoms with E-state index in [4.69, 9.17) is 48.4 Å². The zero-order valence-corrected chi connectivity index (χ0v) is 57.4. The van der Waals surface area contributed by atoms with Crippen LogP contribution in [0.4, 0.5) is 62.6 Å². The topological polar surface area (TPSA) is 657 Å². The molecule has 0 amide bonds. The minimum Gasteiger partial charge on any atom is -0.507 e. The van der Waals surface area contributed by atoms with Gasteiger partial charge in [-0.25, -0.2) is 0 Å². The number of azo groups is 5. The minimum atomic E-state index is -5.19. The molecule has 0 saturated heterocycles. The average molecular weight is 1570 g/mol. The Bertz CT molecular complexity index is 6140. The second kappa shape index (κ2) is 32.6. The van der Waals surface area contributed by atoms with Crippen LogP contribution in [-0.2, 0) is 77.1 Å². The first-order valence-corrected chi connectivity index (χ1v) is 36.3. The van der Waals surface area contributed by atoms with E-state index in [1.165, 1.54) is 91.9 Å². The summed E-state index contributed by atoms with van der Waals surface area (Å²) in [6, 6.07) is 24.9. The smallest absolute Gasteiger partial charge is 0.425 e. The molecular weight excluding hydrogens is 1530 g/mol. The van der Waals surface area contributed by atoms with Crippen molar-refractivity contribution in [1.82, 2.24) is 0 Å². The third kappa shape index (κ3) is 19.9. The highest BCUT2D eigenvalue weighted by Crippen LogP contribution is 2.48. The Morgan fingerprint density at radius 2 is 0.913 bits per heavy atom. The third-order valence-electron chi connectivity index (χ3n) is 13.5. The van der Waals surface area contributed by atoms with Crippen molar-refractivity contribution in [2.24, 2.45) is 51.1 Å². The van der Waals surface area contributed by atoms with Gasteiger partial charge in [-0.3, -0.25) is 23.0 Å². The summed E-state index contributed by atoms with van der Waals surface area (Å²) in [6.45, 7) is 3.50. The number of phenols is 5. The van der Waals surface area contributed by atoms with Gasteiger partial charge in [-0.15, -0.1) is 68.6 Å². The van der Waals surface area contributed by atoms with Gasteiger partial charge in [0, 0.05) is 45.1 Å². The van der Waals surface area contributed by atoms with E-state index in [0.29, 0.717) is 12.5 Å². The van der Waals surface area contributed by atoms with Crippen LogP contribution in [0.15, 0.2) is 198 Å². The number of fused-ring (bicyclic) bond motifs is 4. The second-order valence-corrected chi connectivity index (χ2v) is 27.1. The molecule has 11 N–H and O–H groups in total. The van der Waals surface area contributed by atoms with Crippen LogP contribution in [0, 0.1) is 6.92 Å². The number of ether oxygens (including phenoxy) is 2. The maximum Gasteiger partial charge on any atom is 0.425 e. The number of rotatable bonds is 19. The average Bonchev–Trinajstić information content (AvgIpc) is 0.783. The third-order valence-corrected chi connectivity index (χ3v) is 16.9. The van der Waals surface area contributed by atoms with Crippen molar-refractivity contribution in [2.45, 2.75) is 39.9 Å². The summed E-state index contributed by atoms with van der Waals surface area (Å²) in [7, 11) is -29.3. The molecule has 0 aliphatic carbocycles. The highest BCUT2D eigenvalue weighted by molar-refractivity contribution is 7.86. The molecule has 0 radical (unpaired) electrons. The second-order valence-electron chi connectivity index (χ2n) is 20.3. The van der Waals surface area contributed by atoms with Gasteiger partial charge in [-0.1, -0.05) is 13.0 Å². The first kappa shape index (κ1) is 79.1. The van der Waals surface area contributed by atoms with Crippen molar-refractivity contribution < 1.29 is 130 Å². The van der Waals surface area contributed by atoms with E-state index in [1.54, 1.807) is 6.92 Å². The van der Waals surface area contributed by atoms with E-state index >= 15 is 0 Å². The maximum absolute atomic E-state index is 13.0. The van der Waals surface area contributed by atoms with E-state index < -0.39 is 126 Å². The van der Waals surface area contributed by atoms with E-state index in [1.807, 2.05) is 0 Å². The number of phenolic OH excluding ortho intramolecular Hbond substituents is 5. The molecular formula is C57H43N11O29S7. The van der Waals surface area contributed by atoms with Crippen molar-refractivity contribution in [3.8, 4) is 40.2 Å². The standard InChI is InChI=1S/C57H43N11O20S4.3O3S/c1-3-14-87-49-25-43(64-66-45-23-33(89(75,76)77)17-29-18-34(90(78,79)80)24-47(71)52(29)45)27(2)15-44(49)65-68-54-51(92(84,85)86)19-28-16-30(4-6-35(28)57(54)74)60-67-53-37-9-12-41(55(72)38(37)7-10-40(53)58)63-61-32-20-39-36(50(22-32)91(81,82)83)8-11-42(56(39)73)62-59-31-5-13-48(88-26-69)46(70)21-31;3*1-4(2)3/h4-13,15-26,70-74H,3,14,58H2,1-2H3,(H,75,76,77)(H,78,79,80)(H,81,82,83)(H,84,85,86);;;. The fourth-order valence-corrected chi connectivity index (χ4v) is 11.7. The number of carbonyl (C=O) groups is 1. The zero-order chi connectivity index (χ0) is 77.1. The van der Waals surface area contributed by atoms with Crippen molar-refractivity contribution in [3.63, 3.8) is 0 Å². The van der Waals surface area contributed by atoms with Crippen LogP contribution < -0.4 is 15.2 Å². The van der Waals surface area contributed by atoms with E-state index in [-0.39, 0.29) is 130 Å². The van der Waals surface area contributed by atoms with Gasteiger partial charge in [-0.05, 0) is 133 Å². The molecule has 10 aromatic rings. The normalized spacial score (nSPS) is 12.0. The number of benzene rings is 10. The van der Waals surface area contributed by atoms with Gasteiger partial charge in [0.2, 0.25) is 0 Å². The SMILES string of the molecule is CCCOc1cc(N=Nc2cc(S(=O)(=O)O)cc3cc(S(=O)(=O)O)cc(O)c23)c(C)cc1N=Nc1c(S(=O)(=O)O)cc2cc(N=Nc3c(N)ccc4c(O)c(N=Nc5cc(S(=O)(=O)O)c6ccc(N=Nc7ccc(OC=O)c(O)c7)c(O)c6c5)ccc34)ccc2c1O.O=S(=O)=O.O=S(=O)=O.O=S(=O)=O. The van der Waals surface area contributed by atoms with E-state index in [9.17, 15) is 82.2 Å². The summed E-state index contributed by atoms with van der Waals surface area (Å²) in [4.78, 5) is 7.56. The molecule has 10 aromatic carbocycles. The van der Waals surface area contributed by atoms with Crippen LogP contribution in [-0.4, -0.2) is 128 Å². The molecule has 0 bridgehead atoms. The Hall–Kier alpha value is -12.2. The lowest BCUT2D eigenvalue weighted by Gasteiger charge is -2.12. The molecule has 542 valence electrons. The Morgan fingerprint density at radius 1 is 0.413 bits per heavy atom. The number of aryl methyl sites for hydroxylation is 1. The van der Waals surface area contributed by atoms with Gasteiger partial charge in [0.05, 0.1) is 55.9 Å². The number of aromatic hydroxyl groups is 5. The fraction of sp³-hybridized carbons (Fsp3) is 0.0702. The molecule has 0 aromatic heterocycles. The van der Waals surface area contributed by atoms with Crippen molar-refractivity contribution >= 4 is 184 Å². The number of carbonyl (C=O) groups excluding carboxylic acids is 1. The van der Waals surface area contributed by atoms with Gasteiger partial charge in [0.15, 0.2) is 28.7 Å². The van der Waals surface area contributed by atoms with Gasteiger partial charge >= 0.3 is 31.8 Å². The minimum absolute atomic E-state index is 0.00171. The molecule has 0 spiro atoms. The Kier molecular flexibility index (Phi) is 24.8. The molecule has 0 saturated carbocycles. The van der Waals surface area contributed by atoms with E-state index in [0.717, 1.165) is 36.4 Å². The highest BCUT2D eigenvalue weighted by Gasteiger charge is 2.25. The quantitative estimate of drug-likeness (QED) is 0.0156. The van der Waals surface area contributed by atoms with E-state index in [2.05, 4.69) is 55.9 Å². The fourth-order valence-electron chi connectivity index (χ4n) is 9.21. The van der Waals surface area contributed by atoms with Crippen LogP contribution >= 0.6 is 0 Å². The molecule has 47 heteroatoms. The zero-order valence-electron chi connectivity index (χ0n) is 51.7. The van der Waals surface area contributed by atoms with Crippen LogP contribution in [0.1, 0.15) is 18.9 Å². The van der Waals surface area contributed by atoms with Crippen molar-refractivity contribution in [3.05, 3.63) is 133 Å². The van der Waals surface area contributed by atoms with Gasteiger partial charge < -0.3 is 40.7 Å². The lowest BCUT2D eigenvalue weighted by Crippen LogP contribution is -2.00. The molecule has 0 atom stereocenters. The first-order chi connectivity index (χ1) is 48.6. The number of hydrogen-bond donors (Lipinski definition) is 10. The molecule has 10 rings (SSSR count). The summed E-state index contributed by atoms with van der Waals surface area (Å²) in [5.41, 5.74) is 5.22. The van der Waals surface area contributed by atoms with Crippen molar-refractivity contribution in [2.75, 3.05) is 12.3 Å². The molecule has 0 aliphatic rings. The number of nitrogens with zero attached hydrogens (tertiary/aromatic N) is 10. The Morgan fingerprint density at radius 3 is 1.49 bits per heavy atom. The van der Waals surface area contributed by atoms with Crippen LogP contribution in [0.25, 0.3) is 43.1 Å². The number of anilines is 1. The lowest BCUT2D eigenvalue weighted by atomic mass is 10.1. The molecule has 0 unspecified atom stereocenters. The predicted molar refractivity (Wildman–Crippen MR) is 358 cm³/mol. The van der Waals surface area contributed by atoms with Crippen LogP contribution in [0.2, 0.25) is 0 Å². The number of hydrogen-bond acceptors (Lipinski definition) is 36. The molecule has 0 heterocycles. The van der Waals surface area contributed by atoms with Gasteiger partial charge in [0.25, 0.3) is 46.9 Å². The first-order valence-electron chi connectivity index (χ1n) is 27.6. The Balaban J connectivity index is 0.00000117. The van der Waals surface area contributed by atoms with Crippen LogP contribution in [0.3, 0.4) is 0 Å². The highest BCUT2D eigenvalue weighted by atomic mass is 32.2. The molecule has 0 aliphatic heterocycles. The molecule has 0 fully saturated rings. The van der Waals surface area contributed by atoms with Crippen LogP contribution in [0.5, 0.6) is 40.2 Å². The summed E-state index contributed by atoms with van der Waals surface area (Å²) >= 11 is 0. The summed E-state index contributed by atoms with van der Waals surface area (Å²) in [5, 5.41) is 95.9. The number of nitrogens with two attached hydrogens (primary N) is 1. The molecule has 104 heavy (non-hydrogen) atoms. The monoisotopic (exact) mass is 1570 g/mol. The summed E-state index contributed by atoms with van der Waals surface area (Å²) < 4.78 is 226. The van der Waals surface area contributed by atoms with Gasteiger partial charge in [0.1, 0.15) is 49.7 Å². The predicted octanol–water partition coefficient (Wildman–Crippen LogP) is 11.1. The Labute approximate surface area is 587 Å². The lowest BCUT2D eigenvalue weighted by molar-refractivity contribution is -0.120.